The van der Waals surface area contributed by atoms with E-state index in [1.165, 1.54) is 0 Å². The van der Waals surface area contributed by atoms with Crippen LogP contribution in [0, 0.1) is 0 Å². The minimum Gasteiger partial charge on any atom is -0.443 e. The summed E-state index contributed by atoms with van der Waals surface area (Å²) in [5, 5.41) is 1.08. The Morgan fingerprint density at radius 1 is 1.35 bits per heavy atom. The zero-order chi connectivity index (χ0) is 12.4. The first-order valence-corrected chi connectivity index (χ1v) is 6.35. The van der Waals surface area contributed by atoms with Crippen molar-refractivity contribution >= 4 is 40.9 Å². The Balaban J connectivity index is 2.14. The zero-order valence-electron chi connectivity index (χ0n) is 8.83. The Bertz CT molecular complexity index is 418. The van der Waals surface area contributed by atoms with Crippen LogP contribution in [0.5, 0.6) is 0 Å². The van der Waals surface area contributed by atoms with Gasteiger partial charge in [0.15, 0.2) is 0 Å². The summed E-state index contributed by atoms with van der Waals surface area (Å²) < 4.78 is 5.04. The predicted octanol–water partition coefficient (Wildman–Crippen LogP) is 3.55. The summed E-state index contributed by atoms with van der Waals surface area (Å²) in [6.45, 7) is 0.800. The molecule has 0 radical (unpaired) electrons. The van der Waals surface area contributed by atoms with Gasteiger partial charge in [0.25, 0.3) is 0 Å². The topological polar surface area (TPSA) is 29.5 Å². The van der Waals surface area contributed by atoms with Gasteiger partial charge >= 0.3 is 6.09 Å². The van der Waals surface area contributed by atoms with Crippen molar-refractivity contribution in [2.45, 2.75) is 12.6 Å². The van der Waals surface area contributed by atoms with Crippen LogP contribution in [0.2, 0.25) is 10.0 Å². The molecule has 17 heavy (non-hydrogen) atoms. The number of benzene rings is 1. The lowest BCUT2D eigenvalue weighted by atomic mass is 10.2. The number of nitrogens with zero attached hydrogens (tertiary/aromatic N) is 1. The van der Waals surface area contributed by atoms with Crippen molar-refractivity contribution in [3.05, 3.63) is 33.8 Å². The molecule has 2 rings (SSSR count). The fourth-order valence-electron chi connectivity index (χ4n) is 1.66. The normalized spacial score (nSPS) is 19.6. The maximum absolute atomic E-state index is 11.5. The molecule has 1 aliphatic rings. The molecule has 0 spiro atoms. The Kier molecular flexibility index (Phi) is 4.02. The summed E-state index contributed by atoms with van der Waals surface area (Å²) in [4.78, 5) is 13.1. The lowest BCUT2D eigenvalue weighted by molar-refractivity contribution is 0.138. The zero-order valence-corrected chi connectivity index (χ0v) is 11.1. The van der Waals surface area contributed by atoms with Gasteiger partial charge in [-0.1, -0.05) is 29.3 Å². The first kappa shape index (κ1) is 12.8. The van der Waals surface area contributed by atoms with Gasteiger partial charge in [0, 0.05) is 15.6 Å². The second-order valence-corrected chi connectivity index (χ2v) is 4.86. The second kappa shape index (κ2) is 5.34. The van der Waals surface area contributed by atoms with Crippen LogP contribution in [-0.4, -0.2) is 29.5 Å². The van der Waals surface area contributed by atoms with Crippen LogP contribution in [0.1, 0.15) is 5.56 Å². The number of cyclic esters (lactones) is 1. The maximum atomic E-state index is 11.5. The van der Waals surface area contributed by atoms with E-state index in [-0.39, 0.29) is 12.2 Å². The molecule has 0 saturated carbocycles. The van der Waals surface area contributed by atoms with E-state index in [1.54, 1.807) is 23.1 Å². The van der Waals surface area contributed by atoms with Crippen LogP contribution < -0.4 is 0 Å². The van der Waals surface area contributed by atoms with Gasteiger partial charge in [0.1, 0.15) is 6.10 Å². The van der Waals surface area contributed by atoms with Gasteiger partial charge in [0.05, 0.1) is 19.0 Å². The van der Waals surface area contributed by atoms with E-state index in [2.05, 4.69) is 0 Å². The molecule has 0 unspecified atom stereocenters. The quantitative estimate of drug-likeness (QED) is 0.798. The van der Waals surface area contributed by atoms with Gasteiger partial charge in [0.2, 0.25) is 0 Å². The number of amides is 1. The maximum Gasteiger partial charge on any atom is 0.410 e. The van der Waals surface area contributed by atoms with Crippen molar-refractivity contribution in [2.75, 3.05) is 12.4 Å². The molecular weight excluding hydrogens is 284 g/mol. The number of hydrogen-bond acceptors (Lipinski definition) is 2. The predicted molar refractivity (Wildman–Crippen MR) is 67.9 cm³/mol. The molecule has 0 aliphatic carbocycles. The van der Waals surface area contributed by atoms with Crippen LogP contribution in [0.15, 0.2) is 18.2 Å². The Hall–Kier alpha value is -0.640. The molecule has 92 valence electrons. The average Bonchev–Trinajstić information content (AvgIpc) is 2.65. The standard InChI is InChI=1S/C11H10Cl3NO2/c12-4-7-5-15(11(16)17-7)6-8-9(13)2-1-3-10(8)14/h1-3,7H,4-6H2/t7-/m1/s1. The monoisotopic (exact) mass is 293 g/mol. The summed E-state index contributed by atoms with van der Waals surface area (Å²) in [6, 6.07) is 5.24. The van der Waals surface area contributed by atoms with Crippen molar-refractivity contribution in [3.63, 3.8) is 0 Å². The molecule has 1 saturated heterocycles. The largest absolute Gasteiger partial charge is 0.443 e. The molecule has 1 atom stereocenters. The van der Waals surface area contributed by atoms with Crippen LogP contribution in [0.3, 0.4) is 0 Å². The number of carbonyl (C=O) groups is 1. The van der Waals surface area contributed by atoms with Gasteiger partial charge in [-0.3, -0.25) is 0 Å². The number of rotatable bonds is 3. The highest BCUT2D eigenvalue weighted by atomic mass is 35.5. The van der Waals surface area contributed by atoms with E-state index < -0.39 is 0 Å². The molecule has 1 fully saturated rings. The van der Waals surface area contributed by atoms with Crippen molar-refractivity contribution in [2.24, 2.45) is 0 Å². The minimum absolute atomic E-state index is 0.259. The van der Waals surface area contributed by atoms with E-state index >= 15 is 0 Å². The van der Waals surface area contributed by atoms with Crippen molar-refractivity contribution in [1.29, 1.82) is 0 Å². The third-order valence-electron chi connectivity index (χ3n) is 2.53. The minimum atomic E-state index is -0.383. The van der Waals surface area contributed by atoms with Gasteiger partial charge in [-0.15, -0.1) is 11.6 Å². The van der Waals surface area contributed by atoms with Gasteiger partial charge < -0.3 is 9.64 Å². The van der Waals surface area contributed by atoms with Crippen LogP contribution in [0.25, 0.3) is 0 Å². The first-order valence-electron chi connectivity index (χ1n) is 5.06. The lowest BCUT2D eigenvalue weighted by Crippen LogP contribution is -2.25. The fraction of sp³-hybridized carbons (Fsp3) is 0.364. The molecule has 1 aromatic carbocycles. The van der Waals surface area contributed by atoms with E-state index in [0.29, 0.717) is 29.0 Å². The van der Waals surface area contributed by atoms with Crippen molar-refractivity contribution < 1.29 is 9.53 Å². The second-order valence-electron chi connectivity index (χ2n) is 3.74. The molecule has 1 aliphatic heterocycles. The molecule has 0 bridgehead atoms. The van der Waals surface area contributed by atoms with E-state index in [1.807, 2.05) is 0 Å². The number of alkyl halides is 1. The molecule has 3 nitrogen and oxygen atoms in total. The first-order chi connectivity index (χ1) is 8.11. The smallest absolute Gasteiger partial charge is 0.410 e. The summed E-state index contributed by atoms with van der Waals surface area (Å²) >= 11 is 17.7. The Morgan fingerprint density at radius 3 is 2.53 bits per heavy atom. The lowest BCUT2D eigenvalue weighted by Gasteiger charge is -2.14. The summed E-state index contributed by atoms with van der Waals surface area (Å²) in [7, 11) is 0. The van der Waals surface area contributed by atoms with Crippen molar-refractivity contribution in [3.8, 4) is 0 Å². The fourth-order valence-corrected chi connectivity index (χ4v) is 2.34. The molecule has 1 amide bonds. The van der Waals surface area contributed by atoms with Gasteiger partial charge in [-0.25, -0.2) is 4.79 Å². The highest BCUT2D eigenvalue weighted by Crippen LogP contribution is 2.27. The van der Waals surface area contributed by atoms with Gasteiger partial charge in [-0.2, -0.15) is 0 Å². The summed E-state index contributed by atoms with van der Waals surface area (Å²) in [5.41, 5.74) is 0.725. The van der Waals surface area contributed by atoms with Gasteiger partial charge in [-0.05, 0) is 12.1 Å². The average molecular weight is 295 g/mol. The van der Waals surface area contributed by atoms with Crippen LogP contribution in [-0.2, 0) is 11.3 Å². The third kappa shape index (κ3) is 2.79. The van der Waals surface area contributed by atoms with E-state index in [4.69, 9.17) is 39.5 Å². The van der Waals surface area contributed by atoms with E-state index in [0.717, 1.165) is 5.56 Å². The SMILES string of the molecule is O=C1O[C@H](CCl)CN1Cc1c(Cl)cccc1Cl. The van der Waals surface area contributed by atoms with E-state index in [9.17, 15) is 4.79 Å². The molecule has 0 N–H and O–H groups in total. The number of ether oxygens (including phenoxy) is 1. The van der Waals surface area contributed by atoms with Crippen LogP contribution >= 0.6 is 34.8 Å². The molecular formula is C11H10Cl3NO2. The number of halogens is 3. The molecule has 6 heteroatoms. The number of carbonyl (C=O) groups excluding carboxylic acids is 1. The third-order valence-corrected chi connectivity index (χ3v) is 3.58. The highest BCUT2D eigenvalue weighted by Gasteiger charge is 2.31. The Morgan fingerprint density at radius 2 is 2.00 bits per heavy atom. The molecule has 0 aromatic heterocycles. The number of hydrogen-bond donors (Lipinski definition) is 0. The Labute approximate surface area is 114 Å². The molecule has 1 heterocycles. The molecule has 1 aromatic rings. The summed E-state index contributed by atoms with van der Waals surface area (Å²) in [5.74, 6) is 0.290. The summed E-state index contributed by atoms with van der Waals surface area (Å²) in [6.07, 6.45) is -0.642. The van der Waals surface area contributed by atoms with Crippen LogP contribution in [0.4, 0.5) is 4.79 Å². The van der Waals surface area contributed by atoms with Crippen molar-refractivity contribution in [1.82, 2.24) is 4.90 Å². The highest BCUT2D eigenvalue weighted by molar-refractivity contribution is 6.36.